The quantitative estimate of drug-likeness (QED) is 0.656. The van der Waals surface area contributed by atoms with Gasteiger partial charge in [-0.3, -0.25) is 9.10 Å². The van der Waals surface area contributed by atoms with Crippen LogP contribution in [0.2, 0.25) is 0 Å². The van der Waals surface area contributed by atoms with Gasteiger partial charge in [0.05, 0.1) is 18.6 Å². The van der Waals surface area contributed by atoms with E-state index < -0.39 is 15.8 Å². The van der Waals surface area contributed by atoms with Crippen LogP contribution in [-0.4, -0.2) is 33.7 Å². The number of nitrogens with zero attached hydrogens (tertiary/aromatic N) is 1. The molecule has 0 aromatic heterocycles. The molecule has 0 aliphatic heterocycles. The number of para-hydroxylation sites is 2. The number of anilines is 1. The van der Waals surface area contributed by atoms with Crippen LogP contribution in [0.4, 0.5) is 10.1 Å². The summed E-state index contributed by atoms with van der Waals surface area (Å²) in [6.45, 7) is 2.75. The maximum atomic E-state index is 14.0. The Balaban J connectivity index is 1.91. The third-order valence-electron chi connectivity index (χ3n) is 4.03. The highest BCUT2D eigenvalue weighted by Crippen LogP contribution is 2.22. The number of rotatable bonds is 10. The zero-order valence-electron chi connectivity index (χ0n) is 16.0. The average molecular weight is 408 g/mol. The van der Waals surface area contributed by atoms with Crippen LogP contribution in [-0.2, 0) is 21.4 Å². The van der Waals surface area contributed by atoms with Crippen LogP contribution in [0.25, 0.3) is 0 Å². The molecule has 0 atom stereocenters. The first-order chi connectivity index (χ1) is 13.3. The zero-order valence-corrected chi connectivity index (χ0v) is 16.8. The fourth-order valence-electron chi connectivity index (χ4n) is 2.73. The van der Waals surface area contributed by atoms with Gasteiger partial charge in [0.2, 0.25) is 15.9 Å². The smallest absolute Gasteiger partial charge is 0.232 e. The fraction of sp³-hybridized carbons (Fsp3) is 0.350. The fourth-order valence-corrected chi connectivity index (χ4v) is 3.70. The summed E-state index contributed by atoms with van der Waals surface area (Å²) < 4.78 is 44.5. The Bertz CT molecular complexity index is 903. The van der Waals surface area contributed by atoms with E-state index in [-0.39, 0.29) is 31.0 Å². The van der Waals surface area contributed by atoms with Crippen molar-refractivity contribution in [3.63, 3.8) is 0 Å². The monoisotopic (exact) mass is 408 g/mol. The lowest BCUT2D eigenvalue weighted by Crippen LogP contribution is -2.32. The van der Waals surface area contributed by atoms with Gasteiger partial charge in [0.25, 0.3) is 0 Å². The van der Waals surface area contributed by atoms with Gasteiger partial charge in [0.15, 0.2) is 0 Å². The van der Waals surface area contributed by atoms with E-state index in [1.54, 1.807) is 6.07 Å². The molecule has 0 unspecified atom stereocenters. The summed E-state index contributed by atoms with van der Waals surface area (Å²) in [5, 5.41) is 2.80. The van der Waals surface area contributed by atoms with Crippen LogP contribution in [0, 0.1) is 5.82 Å². The van der Waals surface area contributed by atoms with Crippen molar-refractivity contribution in [2.75, 3.05) is 23.7 Å². The Morgan fingerprint density at radius 2 is 1.82 bits per heavy atom. The molecule has 0 saturated carbocycles. The lowest BCUT2D eigenvalue weighted by molar-refractivity contribution is -0.121. The molecule has 1 N–H and O–H groups in total. The van der Waals surface area contributed by atoms with Crippen molar-refractivity contribution < 1.29 is 22.3 Å². The first-order valence-corrected chi connectivity index (χ1v) is 10.9. The van der Waals surface area contributed by atoms with Crippen LogP contribution < -0.4 is 14.4 Å². The summed E-state index contributed by atoms with van der Waals surface area (Å²) in [7, 11) is -3.66. The van der Waals surface area contributed by atoms with Crippen LogP contribution in [0.5, 0.6) is 5.75 Å². The summed E-state index contributed by atoms with van der Waals surface area (Å²) in [5.74, 6) is -0.119. The van der Waals surface area contributed by atoms with Gasteiger partial charge in [-0.05, 0) is 31.5 Å². The lowest BCUT2D eigenvalue weighted by Gasteiger charge is -2.22. The summed E-state index contributed by atoms with van der Waals surface area (Å²) in [6.07, 6.45) is 1.40. The first kappa shape index (κ1) is 21.7. The molecule has 0 radical (unpaired) electrons. The predicted molar refractivity (Wildman–Crippen MR) is 107 cm³/mol. The Kier molecular flexibility index (Phi) is 7.80. The summed E-state index contributed by atoms with van der Waals surface area (Å²) in [5.41, 5.74) is 0.845. The number of carbonyl (C=O) groups is 1. The number of benzene rings is 2. The Morgan fingerprint density at radius 3 is 2.50 bits per heavy atom. The lowest BCUT2D eigenvalue weighted by atomic mass is 10.2. The molecule has 0 fully saturated rings. The highest BCUT2D eigenvalue weighted by Gasteiger charge is 2.20. The van der Waals surface area contributed by atoms with Gasteiger partial charge in [-0.15, -0.1) is 0 Å². The number of hydrogen-bond donors (Lipinski definition) is 1. The average Bonchev–Trinajstić information content (AvgIpc) is 2.65. The van der Waals surface area contributed by atoms with Crippen molar-refractivity contribution in [1.82, 2.24) is 5.32 Å². The molecular weight excluding hydrogens is 383 g/mol. The maximum Gasteiger partial charge on any atom is 0.232 e. The Hall–Kier alpha value is -2.61. The SMILES string of the molecule is CCOc1ccccc1CNC(=O)CCCN(c1ccccc1F)S(C)(=O)=O. The van der Waals surface area contributed by atoms with Gasteiger partial charge in [0.1, 0.15) is 11.6 Å². The van der Waals surface area contributed by atoms with Crippen molar-refractivity contribution in [1.29, 1.82) is 0 Å². The van der Waals surface area contributed by atoms with Crippen LogP contribution in [0.3, 0.4) is 0 Å². The van der Waals surface area contributed by atoms with Crippen LogP contribution in [0.15, 0.2) is 48.5 Å². The second kappa shape index (κ2) is 10.1. The van der Waals surface area contributed by atoms with Gasteiger partial charge in [-0.25, -0.2) is 12.8 Å². The molecule has 8 heteroatoms. The second-order valence-electron chi connectivity index (χ2n) is 6.21. The molecule has 0 spiro atoms. The molecule has 2 rings (SSSR count). The standard InChI is InChI=1S/C20H25FN2O4S/c1-3-27-19-12-7-4-9-16(19)15-22-20(24)13-8-14-23(28(2,25)26)18-11-6-5-10-17(18)21/h4-7,9-12H,3,8,13-15H2,1-2H3,(H,22,24). The number of hydrogen-bond acceptors (Lipinski definition) is 4. The van der Waals surface area contributed by atoms with Crippen molar-refractivity contribution in [2.45, 2.75) is 26.3 Å². The van der Waals surface area contributed by atoms with Crippen LogP contribution >= 0.6 is 0 Å². The number of sulfonamides is 1. The molecular formula is C20H25FN2O4S. The van der Waals surface area contributed by atoms with E-state index in [0.29, 0.717) is 18.9 Å². The zero-order chi connectivity index (χ0) is 20.6. The maximum absolute atomic E-state index is 14.0. The van der Waals surface area contributed by atoms with Gasteiger partial charge < -0.3 is 10.1 Å². The van der Waals surface area contributed by atoms with E-state index in [2.05, 4.69) is 5.32 Å². The number of ether oxygens (including phenoxy) is 1. The van der Waals surface area contributed by atoms with E-state index in [0.717, 1.165) is 16.1 Å². The van der Waals surface area contributed by atoms with E-state index in [4.69, 9.17) is 4.74 Å². The highest BCUT2D eigenvalue weighted by molar-refractivity contribution is 7.92. The molecule has 0 heterocycles. The first-order valence-electron chi connectivity index (χ1n) is 9.02. The molecule has 0 bridgehead atoms. The molecule has 0 saturated heterocycles. The Morgan fingerprint density at radius 1 is 1.14 bits per heavy atom. The summed E-state index contributed by atoms with van der Waals surface area (Å²) in [6, 6.07) is 13.1. The highest BCUT2D eigenvalue weighted by atomic mass is 32.2. The van der Waals surface area contributed by atoms with Crippen molar-refractivity contribution in [2.24, 2.45) is 0 Å². The third kappa shape index (κ3) is 6.23. The largest absolute Gasteiger partial charge is 0.494 e. The minimum atomic E-state index is -3.66. The molecule has 2 aromatic rings. The van der Waals surface area contributed by atoms with Gasteiger partial charge in [-0.2, -0.15) is 0 Å². The molecule has 152 valence electrons. The molecule has 28 heavy (non-hydrogen) atoms. The minimum Gasteiger partial charge on any atom is -0.494 e. The van der Waals surface area contributed by atoms with E-state index in [1.807, 2.05) is 31.2 Å². The topological polar surface area (TPSA) is 75.7 Å². The van der Waals surface area contributed by atoms with Crippen LogP contribution in [0.1, 0.15) is 25.3 Å². The molecule has 2 aromatic carbocycles. The van der Waals surface area contributed by atoms with Gasteiger partial charge >= 0.3 is 0 Å². The third-order valence-corrected chi connectivity index (χ3v) is 5.21. The molecule has 0 aliphatic carbocycles. The normalized spacial score (nSPS) is 11.1. The van der Waals surface area contributed by atoms with Crippen molar-refractivity contribution in [3.05, 3.63) is 59.9 Å². The van der Waals surface area contributed by atoms with E-state index in [9.17, 15) is 17.6 Å². The Labute approximate surface area is 165 Å². The number of carbonyl (C=O) groups excluding carboxylic acids is 1. The molecule has 6 nitrogen and oxygen atoms in total. The minimum absolute atomic E-state index is 0.0166. The molecule has 1 amide bonds. The number of halogens is 1. The summed E-state index contributed by atoms with van der Waals surface area (Å²) in [4.78, 5) is 12.1. The number of nitrogens with one attached hydrogen (secondary N) is 1. The second-order valence-corrected chi connectivity index (χ2v) is 8.11. The summed E-state index contributed by atoms with van der Waals surface area (Å²) >= 11 is 0. The van der Waals surface area contributed by atoms with E-state index in [1.165, 1.54) is 18.2 Å². The molecule has 0 aliphatic rings. The predicted octanol–water partition coefficient (Wildman–Crippen LogP) is 3.09. The van der Waals surface area contributed by atoms with Crippen molar-refractivity contribution >= 4 is 21.6 Å². The van der Waals surface area contributed by atoms with E-state index >= 15 is 0 Å². The van der Waals surface area contributed by atoms with Crippen molar-refractivity contribution in [3.8, 4) is 5.75 Å². The van der Waals surface area contributed by atoms with Gasteiger partial charge in [-0.1, -0.05) is 30.3 Å². The van der Waals surface area contributed by atoms with Gasteiger partial charge in [0, 0.05) is 25.1 Å². The number of amides is 1.